The van der Waals surface area contributed by atoms with Crippen LogP contribution in [0.15, 0.2) is 35.1 Å². The maximum atomic E-state index is 13.4. The van der Waals surface area contributed by atoms with E-state index >= 15 is 0 Å². The third-order valence-corrected chi connectivity index (χ3v) is 4.12. The molecule has 1 aromatic carbocycles. The van der Waals surface area contributed by atoms with E-state index in [2.05, 4.69) is 5.10 Å². The standard InChI is InChI=1S/C19H22FN3O4/c1-19(2,3)27-18(25)22-10-13(11-22)23-17(24)8-7-15(21-23)14-6-5-12(20)9-16(14)26-4/h5-9,13H,10-11H2,1-4H3. The molecule has 0 unspecified atom stereocenters. The van der Waals surface area contributed by atoms with Gasteiger partial charge in [0.1, 0.15) is 17.2 Å². The molecule has 0 spiro atoms. The van der Waals surface area contributed by atoms with Gasteiger partial charge in [-0.1, -0.05) is 0 Å². The topological polar surface area (TPSA) is 73.7 Å². The average molecular weight is 375 g/mol. The van der Waals surface area contributed by atoms with Gasteiger partial charge in [0.2, 0.25) is 0 Å². The van der Waals surface area contributed by atoms with Crippen molar-refractivity contribution in [1.29, 1.82) is 0 Å². The molecule has 144 valence electrons. The van der Waals surface area contributed by atoms with Crippen molar-refractivity contribution in [1.82, 2.24) is 14.7 Å². The molecule has 7 nitrogen and oxygen atoms in total. The Kier molecular flexibility index (Phi) is 4.91. The summed E-state index contributed by atoms with van der Waals surface area (Å²) in [4.78, 5) is 25.8. The number of methoxy groups -OCH3 is 1. The minimum Gasteiger partial charge on any atom is -0.496 e. The van der Waals surface area contributed by atoms with Gasteiger partial charge in [0, 0.05) is 30.8 Å². The number of hydrogen-bond donors (Lipinski definition) is 0. The Morgan fingerprint density at radius 1 is 1.22 bits per heavy atom. The van der Waals surface area contributed by atoms with Crippen molar-refractivity contribution in [3.63, 3.8) is 0 Å². The zero-order valence-corrected chi connectivity index (χ0v) is 15.7. The second-order valence-electron chi connectivity index (χ2n) is 7.39. The molecular weight excluding hydrogens is 353 g/mol. The molecule has 0 radical (unpaired) electrons. The molecule has 0 aliphatic carbocycles. The zero-order valence-electron chi connectivity index (χ0n) is 15.7. The molecule has 2 heterocycles. The molecule has 0 saturated carbocycles. The fourth-order valence-corrected chi connectivity index (χ4v) is 2.79. The van der Waals surface area contributed by atoms with E-state index in [0.29, 0.717) is 30.1 Å². The molecule has 1 aromatic heterocycles. The fraction of sp³-hybridized carbons (Fsp3) is 0.421. The van der Waals surface area contributed by atoms with Crippen molar-refractivity contribution in [3.8, 4) is 17.0 Å². The Balaban J connectivity index is 1.80. The molecule has 27 heavy (non-hydrogen) atoms. The molecule has 0 N–H and O–H groups in total. The van der Waals surface area contributed by atoms with Gasteiger partial charge < -0.3 is 14.4 Å². The van der Waals surface area contributed by atoms with Crippen molar-refractivity contribution in [2.75, 3.05) is 20.2 Å². The number of likely N-dealkylation sites (tertiary alicyclic amines) is 1. The van der Waals surface area contributed by atoms with Crippen molar-refractivity contribution >= 4 is 6.09 Å². The maximum absolute atomic E-state index is 13.4. The van der Waals surface area contributed by atoms with E-state index in [-0.39, 0.29) is 11.6 Å². The van der Waals surface area contributed by atoms with Crippen LogP contribution in [0.3, 0.4) is 0 Å². The van der Waals surface area contributed by atoms with E-state index in [9.17, 15) is 14.0 Å². The number of amides is 1. The third kappa shape index (κ3) is 4.10. The predicted molar refractivity (Wildman–Crippen MR) is 97.3 cm³/mol. The smallest absolute Gasteiger partial charge is 0.410 e. The first-order chi connectivity index (χ1) is 12.7. The van der Waals surface area contributed by atoms with Gasteiger partial charge in [-0.05, 0) is 39.0 Å². The zero-order chi connectivity index (χ0) is 19.8. The molecule has 1 aliphatic heterocycles. The summed E-state index contributed by atoms with van der Waals surface area (Å²) in [5.41, 5.74) is 0.225. The average Bonchev–Trinajstić information content (AvgIpc) is 2.53. The summed E-state index contributed by atoms with van der Waals surface area (Å²) in [6, 6.07) is 6.86. The SMILES string of the molecule is COc1cc(F)ccc1-c1ccc(=O)n(C2CN(C(=O)OC(C)(C)C)C2)n1. The summed E-state index contributed by atoms with van der Waals surface area (Å²) in [6.45, 7) is 6.08. The number of benzene rings is 1. The Hall–Kier alpha value is -2.90. The molecule has 1 aliphatic rings. The highest BCUT2D eigenvalue weighted by atomic mass is 19.1. The number of ether oxygens (including phenoxy) is 2. The highest BCUT2D eigenvalue weighted by Gasteiger charge is 2.36. The molecule has 1 saturated heterocycles. The van der Waals surface area contributed by atoms with Crippen LogP contribution in [0, 0.1) is 5.82 Å². The monoisotopic (exact) mass is 375 g/mol. The lowest BCUT2D eigenvalue weighted by atomic mass is 10.1. The number of carbonyl (C=O) groups is 1. The first-order valence-electron chi connectivity index (χ1n) is 8.59. The van der Waals surface area contributed by atoms with Gasteiger partial charge in [-0.15, -0.1) is 0 Å². The summed E-state index contributed by atoms with van der Waals surface area (Å²) in [5, 5.41) is 4.39. The van der Waals surface area contributed by atoms with Crippen LogP contribution < -0.4 is 10.3 Å². The molecule has 0 bridgehead atoms. The van der Waals surface area contributed by atoms with Gasteiger partial charge in [0.15, 0.2) is 0 Å². The minimum atomic E-state index is -0.573. The normalized spacial score (nSPS) is 14.6. The van der Waals surface area contributed by atoms with Gasteiger partial charge in [0.25, 0.3) is 5.56 Å². The Labute approximate surface area is 156 Å². The second kappa shape index (κ2) is 7.02. The lowest BCUT2D eigenvalue weighted by Crippen LogP contribution is -2.54. The lowest BCUT2D eigenvalue weighted by Gasteiger charge is -2.39. The minimum absolute atomic E-state index is 0.239. The largest absolute Gasteiger partial charge is 0.496 e. The number of hydrogen-bond acceptors (Lipinski definition) is 5. The summed E-state index contributed by atoms with van der Waals surface area (Å²) < 4.78 is 25.3. The molecule has 3 rings (SSSR count). The second-order valence-corrected chi connectivity index (χ2v) is 7.39. The van der Waals surface area contributed by atoms with E-state index in [1.165, 1.54) is 34.9 Å². The summed E-state index contributed by atoms with van der Waals surface area (Å²) in [5.74, 6) is -0.0902. The van der Waals surface area contributed by atoms with Crippen molar-refractivity contribution < 1.29 is 18.7 Å². The van der Waals surface area contributed by atoms with Crippen molar-refractivity contribution in [2.45, 2.75) is 32.4 Å². The van der Waals surface area contributed by atoms with Gasteiger partial charge in [-0.25, -0.2) is 13.9 Å². The van der Waals surface area contributed by atoms with E-state index in [1.54, 1.807) is 32.9 Å². The number of halogens is 1. The summed E-state index contributed by atoms with van der Waals surface area (Å²) >= 11 is 0. The van der Waals surface area contributed by atoms with E-state index in [0.717, 1.165) is 0 Å². The van der Waals surface area contributed by atoms with Crippen LogP contribution in [0.25, 0.3) is 11.3 Å². The number of aromatic nitrogens is 2. The van der Waals surface area contributed by atoms with Crippen LogP contribution in [0.5, 0.6) is 5.75 Å². The quantitative estimate of drug-likeness (QED) is 0.825. The molecule has 0 atom stereocenters. The van der Waals surface area contributed by atoms with Crippen LogP contribution in [0.4, 0.5) is 9.18 Å². The molecule has 8 heteroatoms. The first kappa shape index (κ1) is 18.9. The van der Waals surface area contributed by atoms with Crippen molar-refractivity contribution in [2.24, 2.45) is 0 Å². The molecular formula is C19H22FN3O4. The lowest BCUT2D eigenvalue weighted by molar-refractivity contribution is -0.000986. The Morgan fingerprint density at radius 2 is 1.93 bits per heavy atom. The first-order valence-corrected chi connectivity index (χ1v) is 8.59. The van der Waals surface area contributed by atoms with Crippen LogP contribution in [0.1, 0.15) is 26.8 Å². The number of rotatable bonds is 3. The Bertz CT molecular complexity index is 914. The third-order valence-electron chi connectivity index (χ3n) is 4.12. The van der Waals surface area contributed by atoms with E-state index < -0.39 is 17.5 Å². The predicted octanol–water partition coefficient (Wildman–Crippen LogP) is 2.85. The van der Waals surface area contributed by atoms with Gasteiger partial charge in [0.05, 0.1) is 18.8 Å². The Morgan fingerprint density at radius 3 is 2.56 bits per heavy atom. The number of carbonyl (C=O) groups excluding carboxylic acids is 1. The van der Waals surface area contributed by atoms with Crippen LogP contribution in [-0.4, -0.2) is 46.6 Å². The highest BCUT2D eigenvalue weighted by Crippen LogP contribution is 2.29. The van der Waals surface area contributed by atoms with Gasteiger partial charge in [-0.3, -0.25) is 4.79 Å². The van der Waals surface area contributed by atoms with E-state index in [1.807, 2.05) is 0 Å². The maximum Gasteiger partial charge on any atom is 0.410 e. The van der Waals surface area contributed by atoms with Gasteiger partial charge >= 0.3 is 6.09 Å². The van der Waals surface area contributed by atoms with Crippen molar-refractivity contribution in [3.05, 3.63) is 46.5 Å². The van der Waals surface area contributed by atoms with E-state index in [4.69, 9.17) is 9.47 Å². The molecule has 2 aromatic rings. The van der Waals surface area contributed by atoms with Gasteiger partial charge in [-0.2, -0.15) is 5.10 Å². The fourth-order valence-electron chi connectivity index (χ4n) is 2.79. The number of nitrogens with zero attached hydrogens (tertiary/aromatic N) is 3. The molecule has 1 amide bonds. The molecule has 1 fully saturated rings. The summed E-state index contributed by atoms with van der Waals surface area (Å²) in [6.07, 6.45) is -0.414. The highest BCUT2D eigenvalue weighted by molar-refractivity contribution is 5.69. The van der Waals surface area contributed by atoms with Crippen LogP contribution in [-0.2, 0) is 4.74 Å². The van der Waals surface area contributed by atoms with Crippen LogP contribution in [0.2, 0.25) is 0 Å². The summed E-state index contributed by atoms with van der Waals surface area (Å²) in [7, 11) is 1.44. The van der Waals surface area contributed by atoms with Crippen LogP contribution >= 0.6 is 0 Å².